The molecule has 2 heterocycles. The van der Waals surface area contributed by atoms with Crippen molar-refractivity contribution in [1.82, 2.24) is 9.88 Å². The molecule has 0 radical (unpaired) electrons. The number of rotatable bonds is 2. The molecule has 1 amide bonds. The number of piperidine rings is 1. The van der Waals surface area contributed by atoms with Crippen molar-refractivity contribution in [2.45, 2.75) is 39.2 Å². The fourth-order valence-electron chi connectivity index (χ4n) is 2.32. The summed E-state index contributed by atoms with van der Waals surface area (Å²) < 4.78 is 5.34. The number of hydrogen-bond acceptors (Lipinski definition) is 4. The number of aryl methyl sites for hydroxylation is 2. The highest BCUT2D eigenvalue weighted by molar-refractivity contribution is 5.92. The third-order valence-electron chi connectivity index (χ3n) is 3.20. The van der Waals surface area contributed by atoms with Gasteiger partial charge in [0.25, 0.3) is 5.91 Å². The number of carbonyl (C=O) groups is 1. The Labute approximate surface area is 100 Å². The van der Waals surface area contributed by atoms with Crippen LogP contribution in [0, 0.1) is 13.8 Å². The number of amides is 1. The van der Waals surface area contributed by atoms with E-state index in [2.05, 4.69) is 4.98 Å². The van der Waals surface area contributed by atoms with Gasteiger partial charge in [-0.15, -0.1) is 0 Å². The van der Waals surface area contributed by atoms with Crippen LogP contribution in [-0.4, -0.2) is 40.1 Å². The number of aliphatic hydroxyl groups is 1. The molecule has 1 aromatic rings. The van der Waals surface area contributed by atoms with Crippen LogP contribution in [0.4, 0.5) is 0 Å². The summed E-state index contributed by atoms with van der Waals surface area (Å²) in [6.45, 7) is 4.19. The van der Waals surface area contributed by atoms with E-state index in [1.54, 1.807) is 18.7 Å². The topological polar surface area (TPSA) is 66.6 Å². The normalized spacial score (nSPS) is 20.6. The van der Waals surface area contributed by atoms with Gasteiger partial charge < -0.3 is 14.4 Å². The molecule has 0 aliphatic carbocycles. The molecule has 1 N–H and O–H groups in total. The van der Waals surface area contributed by atoms with Crippen molar-refractivity contribution in [2.24, 2.45) is 0 Å². The average Bonchev–Trinajstić information content (AvgIpc) is 2.67. The molecule has 1 unspecified atom stereocenters. The van der Waals surface area contributed by atoms with Gasteiger partial charge in [-0.05, 0) is 26.2 Å². The molecule has 1 atom stereocenters. The molecule has 1 aromatic heterocycles. The Kier molecular flexibility index (Phi) is 3.47. The van der Waals surface area contributed by atoms with Crippen LogP contribution in [0.25, 0.3) is 0 Å². The zero-order chi connectivity index (χ0) is 12.4. The number of aromatic nitrogens is 1. The van der Waals surface area contributed by atoms with Crippen LogP contribution in [-0.2, 0) is 0 Å². The zero-order valence-corrected chi connectivity index (χ0v) is 10.3. The molecule has 5 heteroatoms. The van der Waals surface area contributed by atoms with E-state index in [0.29, 0.717) is 23.9 Å². The van der Waals surface area contributed by atoms with Crippen molar-refractivity contribution in [2.75, 3.05) is 13.2 Å². The summed E-state index contributed by atoms with van der Waals surface area (Å²) in [6.07, 6.45) is 2.90. The van der Waals surface area contributed by atoms with Crippen LogP contribution in [0.15, 0.2) is 4.42 Å². The Morgan fingerprint density at radius 3 is 2.88 bits per heavy atom. The summed E-state index contributed by atoms with van der Waals surface area (Å²) in [5.74, 6) is 0.660. The van der Waals surface area contributed by atoms with Gasteiger partial charge in [0, 0.05) is 13.5 Å². The number of hydrogen-bond donors (Lipinski definition) is 1. The first-order chi connectivity index (χ1) is 8.13. The van der Waals surface area contributed by atoms with Gasteiger partial charge in [0.2, 0.25) is 5.76 Å². The first-order valence-electron chi connectivity index (χ1n) is 5.99. The van der Waals surface area contributed by atoms with Gasteiger partial charge in [-0.1, -0.05) is 0 Å². The molecule has 2 rings (SSSR count). The monoisotopic (exact) mass is 238 g/mol. The van der Waals surface area contributed by atoms with Gasteiger partial charge in [0.15, 0.2) is 5.89 Å². The van der Waals surface area contributed by atoms with Crippen molar-refractivity contribution < 1.29 is 14.3 Å². The second-order valence-electron chi connectivity index (χ2n) is 4.48. The summed E-state index contributed by atoms with van der Waals surface area (Å²) in [4.78, 5) is 18.1. The van der Waals surface area contributed by atoms with E-state index < -0.39 is 0 Å². The van der Waals surface area contributed by atoms with E-state index in [9.17, 15) is 9.90 Å². The smallest absolute Gasteiger partial charge is 0.291 e. The Morgan fingerprint density at radius 1 is 1.53 bits per heavy atom. The lowest BCUT2D eigenvalue weighted by molar-refractivity contribution is 0.0471. The minimum Gasteiger partial charge on any atom is -0.436 e. The fourth-order valence-corrected chi connectivity index (χ4v) is 2.32. The third-order valence-corrected chi connectivity index (χ3v) is 3.20. The predicted molar refractivity (Wildman–Crippen MR) is 61.7 cm³/mol. The van der Waals surface area contributed by atoms with E-state index >= 15 is 0 Å². The SMILES string of the molecule is Cc1nc(C)c(C(=O)N2CCCCC2CO)o1. The highest BCUT2D eigenvalue weighted by Gasteiger charge is 2.30. The Hall–Kier alpha value is -1.36. The maximum Gasteiger partial charge on any atom is 0.291 e. The molecular weight excluding hydrogens is 220 g/mol. The van der Waals surface area contributed by atoms with Crippen LogP contribution in [0.3, 0.4) is 0 Å². The number of oxazole rings is 1. The van der Waals surface area contributed by atoms with E-state index in [-0.39, 0.29) is 18.6 Å². The van der Waals surface area contributed by atoms with E-state index in [1.165, 1.54) is 0 Å². The second kappa shape index (κ2) is 4.87. The standard InChI is InChI=1S/C12H18N2O3/c1-8-11(17-9(2)13-8)12(16)14-6-4-3-5-10(14)7-15/h10,15H,3-7H2,1-2H3. The second-order valence-corrected chi connectivity index (χ2v) is 4.48. The average molecular weight is 238 g/mol. The molecule has 1 aliphatic rings. The zero-order valence-electron chi connectivity index (χ0n) is 10.3. The molecule has 0 saturated carbocycles. The fraction of sp³-hybridized carbons (Fsp3) is 0.667. The Bertz CT molecular complexity index is 414. The van der Waals surface area contributed by atoms with Gasteiger partial charge in [0.1, 0.15) is 0 Å². The molecular formula is C12H18N2O3. The number of nitrogens with zero attached hydrogens (tertiary/aromatic N) is 2. The van der Waals surface area contributed by atoms with E-state index in [1.807, 2.05) is 0 Å². The van der Waals surface area contributed by atoms with E-state index in [4.69, 9.17) is 4.42 Å². The van der Waals surface area contributed by atoms with Crippen LogP contribution < -0.4 is 0 Å². The van der Waals surface area contributed by atoms with Gasteiger partial charge in [-0.3, -0.25) is 4.79 Å². The van der Waals surface area contributed by atoms with Crippen molar-refractivity contribution in [1.29, 1.82) is 0 Å². The lowest BCUT2D eigenvalue weighted by Gasteiger charge is -2.33. The molecule has 17 heavy (non-hydrogen) atoms. The number of aliphatic hydroxyl groups excluding tert-OH is 1. The summed E-state index contributed by atoms with van der Waals surface area (Å²) in [5.41, 5.74) is 0.620. The van der Waals surface area contributed by atoms with Crippen LogP contribution in [0.5, 0.6) is 0 Å². The van der Waals surface area contributed by atoms with Gasteiger partial charge in [-0.2, -0.15) is 0 Å². The molecule has 1 aliphatic heterocycles. The highest BCUT2D eigenvalue weighted by Crippen LogP contribution is 2.21. The largest absolute Gasteiger partial charge is 0.436 e. The summed E-state index contributed by atoms with van der Waals surface area (Å²) in [7, 11) is 0. The van der Waals surface area contributed by atoms with E-state index in [0.717, 1.165) is 19.3 Å². The molecule has 1 saturated heterocycles. The maximum atomic E-state index is 12.3. The van der Waals surface area contributed by atoms with Crippen molar-refractivity contribution in [3.05, 3.63) is 17.3 Å². The molecule has 0 spiro atoms. The Morgan fingerprint density at radius 2 is 2.29 bits per heavy atom. The lowest BCUT2D eigenvalue weighted by atomic mass is 10.0. The lowest BCUT2D eigenvalue weighted by Crippen LogP contribution is -2.45. The third kappa shape index (κ3) is 2.34. The summed E-state index contributed by atoms with van der Waals surface area (Å²) >= 11 is 0. The van der Waals surface area contributed by atoms with Crippen LogP contribution >= 0.6 is 0 Å². The first-order valence-corrected chi connectivity index (χ1v) is 5.99. The molecule has 0 aromatic carbocycles. The van der Waals surface area contributed by atoms with Crippen molar-refractivity contribution in [3.8, 4) is 0 Å². The minimum atomic E-state index is -0.151. The predicted octanol–water partition coefficient (Wildman–Crippen LogP) is 1.28. The van der Waals surface area contributed by atoms with Crippen molar-refractivity contribution >= 4 is 5.91 Å². The highest BCUT2D eigenvalue weighted by atomic mass is 16.4. The first kappa shape index (κ1) is 12.1. The van der Waals surface area contributed by atoms with Gasteiger partial charge in [-0.25, -0.2) is 4.98 Å². The number of carbonyl (C=O) groups excluding carboxylic acids is 1. The number of likely N-dealkylation sites (tertiary alicyclic amines) is 1. The minimum absolute atomic E-state index is 0.0118. The van der Waals surface area contributed by atoms with Gasteiger partial charge >= 0.3 is 0 Å². The Balaban J connectivity index is 2.21. The quantitative estimate of drug-likeness (QED) is 0.842. The molecule has 5 nitrogen and oxygen atoms in total. The summed E-state index contributed by atoms with van der Waals surface area (Å²) in [5, 5.41) is 9.29. The molecule has 94 valence electrons. The van der Waals surface area contributed by atoms with Crippen LogP contribution in [0.1, 0.15) is 41.4 Å². The summed E-state index contributed by atoms with van der Waals surface area (Å²) in [6, 6.07) is -0.0824. The molecule has 0 bridgehead atoms. The maximum absolute atomic E-state index is 12.3. The van der Waals surface area contributed by atoms with Crippen LogP contribution in [0.2, 0.25) is 0 Å². The van der Waals surface area contributed by atoms with Gasteiger partial charge in [0.05, 0.1) is 18.3 Å². The van der Waals surface area contributed by atoms with Crippen molar-refractivity contribution in [3.63, 3.8) is 0 Å². The molecule has 1 fully saturated rings.